The molecule has 0 aromatic rings. The molecule has 0 bridgehead atoms. The molecule has 0 atom stereocenters. The lowest BCUT2D eigenvalue weighted by Crippen LogP contribution is -1.91. The summed E-state index contributed by atoms with van der Waals surface area (Å²) in [5, 5.41) is 0.158. The van der Waals surface area contributed by atoms with Gasteiger partial charge in [-0.3, -0.25) is 4.79 Å². The minimum Gasteiger partial charge on any atom is -0.287 e. The first-order valence-corrected chi connectivity index (χ1v) is 5.29. The summed E-state index contributed by atoms with van der Waals surface area (Å²) in [7, 11) is 0. The van der Waals surface area contributed by atoms with Crippen LogP contribution in [-0.4, -0.2) is 14.4 Å². The molecule has 0 saturated carbocycles. The van der Waals surface area contributed by atoms with E-state index in [0.717, 1.165) is 9.28 Å². The van der Waals surface area contributed by atoms with E-state index in [0.29, 0.717) is 6.42 Å². The fourth-order valence-corrected chi connectivity index (χ4v) is 2.38. The highest BCUT2D eigenvalue weighted by molar-refractivity contribution is 8.52. The average molecular weight is 194 g/mol. The molecule has 58 valence electrons. The predicted molar refractivity (Wildman–Crippen MR) is 53.6 cm³/mol. The van der Waals surface area contributed by atoms with E-state index in [9.17, 15) is 4.79 Å². The van der Waals surface area contributed by atoms with E-state index in [2.05, 4.69) is 0 Å². The van der Waals surface area contributed by atoms with Gasteiger partial charge in [0.2, 0.25) is 0 Å². The summed E-state index contributed by atoms with van der Waals surface area (Å²) in [6.45, 7) is 3.86. The van der Waals surface area contributed by atoms with E-state index < -0.39 is 0 Å². The summed E-state index contributed by atoms with van der Waals surface area (Å²) < 4.78 is 0.745. The molecule has 4 heteroatoms. The van der Waals surface area contributed by atoms with Crippen LogP contribution in [0.4, 0.5) is 0 Å². The first-order chi connectivity index (χ1) is 4.70. The van der Waals surface area contributed by atoms with Crippen molar-refractivity contribution < 1.29 is 4.79 Å². The maximum absolute atomic E-state index is 10.8. The second kappa shape index (κ2) is 6.19. The number of thioether (sulfide) groups is 2. The van der Waals surface area contributed by atoms with Crippen molar-refractivity contribution in [2.75, 3.05) is 5.75 Å². The molecule has 0 N–H and O–H groups in total. The zero-order valence-corrected chi connectivity index (χ0v) is 8.50. The molecule has 0 saturated heterocycles. The van der Waals surface area contributed by atoms with Gasteiger partial charge in [0.15, 0.2) is 5.12 Å². The number of rotatable bonds is 2. The van der Waals surface area contributed by atoms with Crippen LogP contribution in [0.5, 0.6) is 0 Å². The van der Waals surface area contributed by atoms with Crippen molar-refractivity contribution in [2.45, 2.75) is 20.3 Å². The van der Waals surface area contributed by atoms with E-state index in [1.54, 1.807) is 11.8 Å². The van der Waals surface area contributed by atoms with Crippen molar-refractivity contribution in [1.29, 1.82) is 0 Å². The molecular formula is C6H10OS3. The van der Waals surface area contributed by atoms with Crippen LogP contribution in [-0.2, 0) is 4.79 Å². The Bertz CT molecular complexity index is 133. The molecule has 0 fully saturated rings. The smallest absolute Gasteiger partial charge is 0.194 e. The topological polar surface area (TPSA) is 17.1 Å². The molecule has 0 aliphatic rings. The summed E-state index contributed by atoms with van der Waals surface area (Å²) in [6, 6.07) is 0. The fourth-order valence-electron chi connectivity index (χ4n) is 0.312. The summed E-state index contributed by atoms with van der Waals surface area (Å²) in [5.41, 5.74) is 0. The second-order valence-electron chi connectivity index (χ2n) is 1.51. The van der Waals surface area contributed by atoms with Gasteiger partial charge in [-0.15, -0.1) is 11.8 Å². The van der Waals surface area contributed by atoms with Crippen molar-refractivity contribution >= 4 is 44.4 Å². The summed E-state index contributed by atoms with van der Waals surface area (Å²) >= 11 is 7.63. The van der Waals surface area contributed by atoms with Crippen LogP contribution in [0.3, 0.4) is 0 Å². The zero-order valence-electron chi connectivity index (χ0n) is 6.05. The Morgan fingerprint density at radius 3 is 2.50 bits per heavy atom. The lowest BCUT2D eigenvalue weighted by molar-refractivity contribution is -0.110. The summed E-state index contributed by atoms with van der Waals surface area (Å²) in [4.78, 5) is 10.8. The van der Waals surface area contributed by atoms with Crippen LogP contribution in [0.25, 0.3) is 0 Å². The average Bonchev–Trinajstić information content (AvgIpc) is 1.88. The van der Waals surface area contributed by atoms with Crippen molar-refractivity contribution in [2.24, 2.45) is 0 Å². The van der Waals surface area contributed by atoms with Gasteiger partial charge >= 0.3 is 0 Å². The van der Waals surface area contributed by atoms with Gasteiger partial charge in [0, 0.05) is 6.42 Å². The Hall–Kier alpha value is 0.460. The molecule has 10 heavy (non-hydrogen) atoms. The Morgan fingerprint density at radius 1 is 1.50 bits per heavy atom. The Balaban J connectivity index is 3.47. The molecule has 0 aliphatic heterocycles. The van der Waals surface area contributed by atoms with Crippen LogP contribution in [0.1, 0.15) is 20.3 Å². The lowest BCUT2D eigenvalue weighted by atomic mass is 10.6. The molecule has 0 aromatic carbocycles. The van der Waals surface area contributed by atoms with E-state index in [1.165, 1.54) is 11.8 Å². The quantitative estimate of drug-likeness (QED) is 0.628. The van der Waals surface area contributed by atoms with Gasteiger partial charge in [0.05, 0.1) is 0 Å². The van der Waals surface area contributed by atoms with Crippen LogP contribution in [0.2, 0.25) is 0 Å². The van der Waals surface area contributed by atoms with Crippen molar-refractivity contribution in [3.63, 3.8) is 0 Å². The lowest BCUT2D eigenvalue weighted by Gasteiger charge is -1.96. The molecule has 0 unspecified atom stereocenters. The SMILES string of the molecule is CCSC(=S)SC(=O)CC. The Kier molecular flexibility index (Phi) is 6.47. The molecule has 0 aliphatic carbocycles. The first kappa shape index (κ1) is 10.5. The number of hydrogen-bond acceptors (Lipinski definition) is 4. The molecule has 0 rings (SSSR count). The maximum atomic E-state index is 10.8. The van der Waals surface area contributed by atoms with Crippen molar-refractivity contribution in [3.8, 4) is 0 Å². The number of hydrogen-bond donors (Lipinski definition) is 0. The van der Waals surface area contributed by atoms with Crippen LogP contribution >= 0.6 is 35.7 Å². The maximum Gasteiger partial charge on any atom is 0.194 e. The molecular weight excluding hydrogens is 184 g/mol. The molecule has 0 spiro atoms. The Morgan fingerprint density at radius 2 is 2.10 bits per heavy atom. The molecule has 0 aromatic heterocycles. The third kappa shape index (κ3) is 5.26. The van der Waals surface area contributed by atoms with Crippen LogP contribution in [0, 0.1) is 0 Å². The van der Waals surface area contributed by atoms with Crippen molar-refractivity contribution in [1.82, 2.24) is 0 Å². The van der Waals surface area contributed by atoms with Gasteiger partial charge in [-0.1, -0.05) is 26.1 Å². The van der Waals surface area contributed by atoms with E-state index in [4.69, 9.17) is 12.2 Å². The van der Waals surface area contributed by atoms with Crippen LogP contribution < -0.4 is 0 Å². The van der Waals surface area contributed by atoms with Crippen molar-refractivity contribution in [3.05, 3.63) is 0 Å². The van der Waals surface area contributed by atoms with Gasteiger partial charge < -0.3 is 0 Å². The number of thiocarbonyl (C=S) groups is 1. The summed E-state index contributed by atoms with van der Waals surface area (Å²) in [5.74, 6) is 0.947. The second-order valence-corrected chi connectivity index (χ2v) is 5.04. The van der Waals surface area contributed by atoms with E-state index in [1.807, 2.05) is 13.8 Å². The zero-order chi connectivity index (χ0) is 7.98. The normalized spacial score (nSPS) is 9.40. The molecule has 0 amide bonds. The minimum absolute atomic E-state index is 0.158. The monoisotopic (exact) mass is 194 g/mol. The van der Waals surface area contributed by atoms with E-state index in [-0.39, 0.29) is 5.12 Å². The third-order valence-electron chi connectivity index (χ3n) is 0.748. The van der Waals surface area contributed by atoms with Gasteiger partial charge in [0.1, 0.15) is 3.53 Å². The molecule has 1 nitrogen and oxygen atoms in total. The number of carbonyl (C=O) groups excluding carboxylic acids is 1. The standard InChI is InChI=1S/C6H10OS3/c1-3-5(7)10-6(8)9-4-2/h3-4H2,1-2H3. The molecule has 0 radical (unpaired) electrons. The largest absolute Gasteiger partial charge is 0.287 e. The van der Waals surface area contributed by atoms with E-state index >= 15 is 0 Å². The fraction of sp³-hybridized carbons (Fsp3) is 0.667. The highest BCUT2D eigenvalue weighted by Gasteiger charge is 2.03. The minimum atomic E-state index is 0.158. The van der Waals surface area contributed by atoms with Gasteiger partial charge in [-0.05, 0) is 17.5 Å². The van der Waals surface area contributed by atoms with Gasteiger partial charge in [-0.25, -0.2) is 0 Å². The third-order valence-corrected chi connectivity index (χ3v) is 3.16. The highest BCUT2D eigenvalue weighted by Crippen LogP contribution is 2.18. The highest BCUT2D eigenvalue weighted by atomic mass is 32.2. The van der Waals surface area contributed by atoms with Gasteiger partial charge in [0.25, 0.3) is 0 Å². The predicted octanol–water partition coefficient (Wildman–Crippen LogP) is 2.69. The van der Waals surface area contributed by atoms with Crippen LogP contribution in [0.15, 0.2) is 0 Å². The van der Waals surface area contributed by atoms with Gasteiger partial charge in [-0.2, -0.15) is 0 Å². The Labute approximate surface area is 75.3 Å². The molecule has 0 heterocycles. The number of carbonyl (C=O) groups is 1. The summed E-state index contributed by atoms with van der Waals surface area (Å²) in [6.07, 6.45) is 0.565. The first-order valence-electron chi connectivity index (χ1n) is 3.08.